The van der Waals surface area contributed by atoms with Crippen LogP contribution in [0.3, 0.4) is 0 Å². The van der Waals surface area contributed by atoms with Crippen molar-refractivity contribution in [2.75, 3.05) is 6.26 Å². The number of benzene rings is 1. The highest BCUT2D eigenvalue weighted by atomic mass is 32.2. The Labute approximate surface area is 104 Å². The molecular weight excluding hydrogens is 218 g/mol. The number of carbonyl (C=O) groups excluding carboxylic acids is 1. The Morgan fingerprint density at radius 1 is 1.06 bits per heavy atom. The van der Waals surface area contributed by atoms with Gasteiger partial charge in [-0.2, -0.15) is 0 Å². The van der Waals surface area contributed by atoms with Gasteiger partial charge < -0.3 is 0 Å². The highest BCUT2D eigenvalue weighted by molar-refractivity contribution is 7.97. The molecule has 1 amide bonds. The second-order valence-electron chi connectivity index (χ2n) is 2.50. The summed E-state index contributed by atoms with van der Waals surface area (Å²) in [7, 11) is 0. The van der Waals surface area contributed by atoms with Crippen LogP contribution in [0.15, 0.2) is 24.3 Å². The van der Waals surface area contributed by atoms with Crippen molar-refractivity contribution in [3.63, 3.8) is 0 Å². The minimum atomic E-state index is -0.0394. The molecular formula is C13H23NOS. The van der Waals surface area contributed by atoms with E-state index >= 15 is 0 Å². The molecule has 0 atom stereocenters. The van der Waals surface area contributed by atoms with Gasteiger partial charge in [-0.3, -0.25) is 9.52 Å². The largest absolute Gasteiger partial charge is 0.296 e. The molecule has 0 saturated carbocycles. The van der Waals surface area contributed by atoms with E-state index in [9.17, 15) is 4.79 Å². The maximum absolute atomic E-state index is 11.2. The van der Waals surface area contributed by atoms with Crippen LogP contribution in [0.4, 0.5) is 0 Å². The third-order valence-electron chi connectivity index (χ3n) is 1.51. The first-order chi connectivity index (χ1) is 7.74. The topological polar surface area (TPSA) is 29.1 Å². The van der Waals surface area contributed by atoms with Crippen molar-refractivity contribution in [2.24, 2.45) is 0 Å². The molecule has 0 bridgehead atoms. The molecule has 1 aromatic rings. The Morgan fingerprint density at radius 3 is 1.88 bits per heavy atom. The van der Waals surface area contributed by atoms with Gasteiger partial charge in [0.1, 0.15) is 0 Å². The van der Waals surface area contributed by atoms with E-state index in [0.717, 1.165) is 5.56 Å². The van der Waals surface area contributed by atoms with Crippen LogP contribution in [-0.4, -0.2) is 12.2 Å². The van der Waals surface area contributed by atoms with Crippen molar-refractivity contribution >= 4 is 17.9 Å². The van der Waals surface area contributed by atoms with Crippen molar-refractivity contribution < 1.29 is 4.79 Å². The zero-order chi connectivity index (χ0) is 13.0. The number of carbonyl (C=O) groups is 1. The van der Waals surface area contributed by atoms with Crippen LogP contribution < -0.4 is 4.72 Å². The molecule has 0 aliphatic rings. The predicted molar refractivity (Wildman–Crippen MR) is 74.9 cm³/mol. The van der Waals surface area contributed by atoms with E-state index in [-0.39, 0.29) is 5.91 Å². The summed E-state index contributed by atoms with van der Waals surface area (Å²) in [6.45, 7) is 10.00. The van der Waals surface area contributed by atoms with E-state index in [1.165, 1.54) is 11.9 Å². The van der Waals surface area contributed by atoms with Gasteiger partial charge in [-0.05, 0) is 19.1 Å². The SMILES string of the molecule is CC.CC.CSNC(=O)c1ccc(C)cc1. The highest BCUT2D eigenvalue weighted by Crippen LogP contribution is 2.03. The van der Waals surface area contributed by atoms with E-state index in [0.29, 0.717) is 5.56 Å². The average molecular weight is 241 g/mol. The third-order valence-corrected chi connectivity index (χ3v) is 1.90. The fourth-order valence-corrected chi connectivity index (χ4v) is 1.16. The lowest BCUT2D eigenvalue weighted by Crippen LogP contribution is -2.14. The number of hydrogen-bond donors (Lipinski definition) is 1. The lowest BCUT2D eigenvalue weighted by Gasteiger charge is -2.00. The first-order valence-electron chi connectivity index (χ1n) is 5.64. The molecule has 0 unspecified atom stereocenters. The molecule has 0 aliphatic carbocycles. The second-order valence-corrected chi connectivity index (χ2v) is 3.11. The van der Waals surface area contributed by atoms with Gasteiger partial charge in [-0.1, -0.05) is 57.3 Å². The standard InChI is InChI=1S/C9H11NOS.2C2H6/c1-7-3-5-8(6-4-7)9(11)10-12-2;2*1-2/h3-6H,1-2H3,(H,10,11);2*1-2H3. The molecule has 0 radical (unpaired) electrons. The smallest absolute Gasteiger partial charge is 0.261 e. The average Bonchev–Trinajstić information content (AvgIpc) is 2.35. The Morgan fingerprint density at radius 2 is 1.50 bits per heavy atom. The van der Waals surface area contributed by atoms with Crippen LogP contribution in [0.25, 0.3) is 0 Å². The zero-order valence-corrected chi connectivity index (χ0v) is 11.9. The number of rotatable bonds is 2. The van der Waals surface area contributed by atoms with Gasteiger partial charge in [-0.15, -0.1) is 0 Å². The number of amides is 1. The van der Waals surface area contributed by atoms with E-state index < -0.39 is 0 Å². The summed E-state index contributed by atoms with van der Waals surface area (Å²) in [6.07, 6.45) is 1.83. The fraction of sp³-hybridized carbons (Fsp3) is 0.462. The first-order valence-corrected chi connectivity index (χ1v) is 6.86. The van der Waals surface area contributed by atoms with Crippen LogP contribution >= 0.6 is 11.9 Å². The summed E-state index contributed by atoms with van der Waals surface area (Å²) in [4.78, 5) is 11.2. The molecule has 0 aliphatic heterocycles. The summed E-state index contributed by atoms with van der Waals surface area (Å²) in [5.74, 6) is -0.0394. The van der Waals surface area contributed by atoms with E-state index in [2.05, 4.69) is 4.72 Å². The third kappa shape index (κ3) is 7.35. The summed E-state index contributed by atoms with van der Waals surface area (Å²) < 4.78 is 2.66. The summed E-state index contributed by atoms with van der Waals surface area (Å²) >= 11 is 1.31. The molecule has 92 valence electrons. The van der Waals surface area contributed by atoms with Crippen LogP contribution in [0.1, 0.15) is 43.6 Å². The quantitative estimate of drug-likeness (QED) is 0.791. The molecule has 1 rings (SSSR count). The molecule has 0 heterocycles. The summed E-state index contributed by atoms with van der Waals surface area (Å²) in [6, 6.07) is 7.49. The second kappa shape index (κ2) is 12.1. The normalized spacial score (nSPS) is 7.88. The van der Waals surface area contributed by atoms with Gasteiger partial charge in [0.05, 0.1) is 0 Å². The van der Waals surface area contributed by atoms with Crippen LogP contribution in [0.5, 0.6) is 0 Å². The van der Waals surface area contributed by atoms with E-state index in [1.54, 1.807) is 0 Å². The van der Waals surface area contributed by atoms with E-state index in [4.69, 9.17) is 0 Å². The predicted octanol–water partition coefficient (Wildman–Crippen LogP) is 4.06. The lowest BCUT2D eigenvalue weighted by atomic mass is 10.1. The fourth-order valence-electron chi connectivity index (χ4n) is 0.857. The van der Waals surface area contributed by atoms with Crippen molar-refractivity contribution in [2.45, 2.75) is 34.6 Å². The molecule has 0 aromatic heterocycles. The molecule has 0 fully saturated rings. The Balaban J connectivity index is 0. The van der Waals surface area contributed by atoms with Gasteiger partial charge in [0.25, 0.3) is 5.91 Å². The van der Waals surface area contributed by atoms with Gasteiger partial charge in [-0.25, -0.2) is 0 Å². The van der Waals surface area contributed by atoms with Gasteiger partial charge in [0, 0.05) is 11.8 Å². The molecule has 0 spiro atoms. The Hall–Kier alpha value is -0.960. The molecule has 1 N–H and O–H groups in total. The monoisotopic (exact) mass is 241 g/mol. The highest BCUT2D eigenvalue weighted by Gasteiger charge is 2.01. The maximum atomic E-state index is 11.2. The van der Waals surface area contributed by atoms with Crippen LogP contribution in [0.2, 0.25) is 0 Å². The number of nitrogens with one attached hydrogen (secondary N) is 1. The molecule has 2 nitrogen and oxygen atoms in total. The van der Waals surface area contributed by atoms with Gasteiger partial charge >= 0.3 is 0 Å². The minimum Gasteiger partial charge on any atom is -0.296 e. The van der Waals surface area contributed by atoms with E-state index in [1.807, 2.05) is 65.1 Å². The minimum absolute atomic E-state index is 0.0394. The lowest BCUT2D eigenvalue weighted by molar-refractivity contribution is 0.0984. The summed E-state index contributed by atoms with van der Waals surface area (Å²) in [5.41, 5.74) is 1.87. The van der Waals surface area contributed by atoms with Crippen molar-refractivity contribution in [1.29, 1.82) is 0 Å². The van der Waals surface area contributed by atoms with Crippen molar-refractivity contribution in [3.8, 4) is 0 Å². The zero-order valence-electron chi connectivity index (χ0n) is 11.1. The first kappa shape index (κ1) is 17.4. The number of hydrogen-bond acceptors (Lipinski definition) is 2. The molecule has 3 heteroatoms. The number of aryl methyl sites for hydroxylation is 1. The van der Waals surface area contributed by atoms with Crippen molar-refractivity contribution in [3.05, 3.63) is 35.4 Å². The van der Waals surface area contributed by atoms with Crippen molar-refractivity contribution in [1.82, 2.24) is 4.72 Å². The Kier molecular flexibility index (Phi) is 13.2. The van der Waals surface area contributed by atoms with Crippen LogP contribution in [-0.2, 0) is 0 Å². The van der Waals surface area contributed by atoms with Gasteiger partial charge in [0.2, 0.25) is 0 Å². The summed E-state index contributed by atoms with van der Waals surface area (Å²) in [5, 5.41) is 0. The van der Waals surface area contributed by atoms with Crippen LogP contribution in [0, 0.1) is 6.92 Å². The molecule has 16 heavy (non-hydrogen) atoms. The molecule has 1 aromatic carbocycles. The Bertz CT molecular complexity index is 270. The molecule has 0 saturated heterocycles. The van der Waals surface area contributed by atoms with Gasteiger partial charge in [0.15, 0.2) is 0 Å². The maximum Gasteiger partial charge on any atom is 0.261 e.